The molecule has 0 spiro atoms. The summed E-state index contributed by atoms with van der Waals surface area (Å²) in [6.45, 7) is 4.06. The Kier molecular flexibility index (Phi) is 4.38. The van der Waals surface area contributed by atoms with Gasteiger partial charge >= 0.3 is 0 Å². The number of nitrogen functional groups attached to an aromatic ring is 1. The zero-order valence-electron chi connectivity index (χ0n) is 15.3. The summed E-state index contributed by atoms with van der Waals surface area (Å²) in [5.74, 6) is 1.87. The molecule has 0 amide bonds. The monoisotopic (exact) mass is 356 g/mol. The second-order valence-electron chi connectivity index (χ2n) is 6.36. The number of rotatable bonds is 4. The molecule has 1 aromatic carbocycles. The quantitative estimate of drug-likeness (QED) is 0.567. The molecule has 0 aliphatic rings. The number of aryl methyl sites for hydroxylation is 2. The van der Waals surface area contributed by atoms with Gasteiger partial charge in [-0.15, -0.1) is 0 Å². The van der Waals surface area contributed by atoms with Crippen LogP contribution in [0.1, 0.15) is 18.2 Å². The standard InChI is InChI=1S/C21H20N6/c1-3-14-6-4-5-7-16(14)18-9-15-10-20(23-11-17(15)21(22)26-18)27-19-8-13(2)24-12-25-19/h4-12H,3H2,1-2H3,(H2,22,26)(H,23,24,25,27). The lowest BCUT2D eigenvalue weighted by Gasteiger charge is -2.11. The first-order valence-electron chi connectivity index (χ1n) is 8.84. The molecule has 0 aliphatic heterocycles. The van der Waals surface area contributed by atoms with Crippen LogP contribution in [0.5, 0.6) is 0 Å². The summed E-state index contributed by atoms with van der Waals surface area (Å²) in [7, 11) is 0. The van der Waals surface area contributed by atoms with E-state index in [1.807, 2.05) is 31.2 Å². The van der Waals surface area contributed by atoms with Crippen LogP contribution in [0.3, 0.4) is 0 Å². The highest BCUT2D eigenvalue weighted by atomic mass is 15.1. The fourth-order valence-corrected chi connectivity index (χ4v) is 3.11. The summed E-state index contributed by atoms with van der Waals surface area (Å²) in [4.78, 5) is 17.4. The van der Waals surface area contributed by atoms with Gasteiger partial charge in [-0.1, -0.05) is 31.2 Å². The molecule has 6 nitrogen and oxygen atoms in total. The molecule has 0 unspecified atom stereocenters. The molecule has 0 radical (unpaired) electrons. The third kappa shape index (κ3) is 3.42. The molecule has 6 heteroatoms. The van der Waals surface area contributed by atoms with Gasteiger partial charge in [-0.2, -0.15) is 0 Å². The molecule has 134 valence electrons. The average molecular weight is 356 g/mol. The van der Waals surface area contributed by atoms with Crippen molar-refractivity contribution in [3.63, 3.8) is 0 Å². The number of benzene rings is 1. The summed E-state index contributed by atoms with van der Waals surface area (Å²) in [5.41, 5.74) is 10.3. The first kappa shape index (κ1) is 16.9. The fraction of sp³-hybridized carbons (Fsp3) is 0.143. The van der Waals surface area contributed by atoms with E-state index in [-0.39, 0.29) is 0 Å². The Morgan fingerprint density at radius 3 is 2.63 bits per heavy atom. The third-order valence-electron chi connectivity index (χ3n) is 4.48. The maximum absolute atomic E-state index is 6.22. The Morgan fingerprint density at radius 1 is 1.00 bits per heavy atom. The minimum absolute atomic E-state index is 0.477. The summed E-state index contributed by atoms with van der Waals surface area (Å²) in [6, 6.07) is 14.2. The highest BCUT2D eigenvalue weighted by molar-refractivity contribution is 5.94. The molecule has 0 bridgehead atoms. The van der Waals surface area contributed by atoms with Gasteiger partial charge in [0.05, 0.1) is 5.69 Å². The van der Waals surface area contributed by atoms with Crippen molar-refractivity contribution in [3.05, 3.63) is 66.2 Å². The van der Waals surface area contributed by atoms with Crippen LogP contribution in [0, 0.1) is 6.92 Å². The van der Waals surface area contributed by atoms with Gasteiger partial charge in [-0.05, 0) is 36.4 Å². The van der Waals surface area contributed by atoms with Crippen LogP contribution < -0.4 is 11.1 Å². The third-order valence-corrected chi connectivity index (χ3v) is 4.48. The molecule has 27 heavy (non-hydrogen) atoms. The molecule has 3 aromatic heterocycles. The number of anilines is 3. The molecular weight excluding hydrogens is 336 g/mol. The summed E-state index contributed by atoms with van der Waals surface area (Å²) in [6.07, 6.45) is 4.20. The van der Waals surface area contributed by atoms with Crippen molar-refractivity contribution in [2.24, 2.45) is 0 Å². The normalized spacial score (nSPS) is 10.9. The van der Waals surface area contributed by atoms with E-state index in [4.69, 9.17) is 5.73 Å². The Bertz CT molecular complexity index is 1120. The highest BCUT2D eigenvalue weighted by Gasteiger charge is 2.10. The lowest BCUT2D eigenvalue weighted by Crippen LogP contribution is -2.00. The minimum atomic E-state index is 0.477. The molecule has 0 fully saturated rings. The van der Waals surface area contributed by atoms with Gasteiger partial charge in [0, 0.05) is 28.9 Å². The number of nitrogens with one attached hydrogen (secondary N) is 1. The maximum atomic E-state index is 6.22. The maximum Gasteiger partial charge on any atom is 0.135 e. The Labute approximate surface area is 157 Å². The summed E-state index contributed by atoms with van der Waals surface area (Å²) in [5, 5.41) is 5.02. The minimum Gasteiger partial charge on any atom is -0.383 e. The van der Waals surface area contributed by atoms with E-state index >= 15 is 0 Å². The second-order valence-corrected chi connectivity index (χ2v) is 6.36. The second kappa shape index (κ2) is 6.99. The predicted octanol–water partition coefficient (Wildman–Crippen LogP) is 4.28. The van der Waals surface area contributed by atoms with Gasteiger partial charge < -0.3 is 11.1 Å². The number of fused-ring (bicyclic) bond motifs is 1. The van der Waals surface area contributed by atoms with E-state index in [0.29, 0.717) is 17.5 Å². The van der Waals surface area contributed by atoms with Gasteiger partial charge in [0.1, 0.15) is 23.8 Å². The molecular formula is C21H20N6. The van der Waals surface area contributed by atoms with Crippen molar-refractivity contribution < 1.29 is 0 Å². The number of pyridine rings is 2. The molecule has 0 aliphatic carbocycles. The number of aromatic nitrogens is 4. The fourth-order valence-electron chi connectivity index (χ4n) is 3.11. The zero-order valence-corrected chi connectivity index (χ0v) is 15.3. The van der Waals surface area contributed by atoms with Crippen molar-refractivity contribution in [1.82, 2.24) is 19.9 Å². The van der Waals surface area contributed by atoms with E-state index in [0.717, 1.165) is 34.1 Å². The molecule has 4 aromatic rings. The molecule has 3 N–H and O–H groups in total. The zero-order chi connectivity index (χ0) is 18.8. The Morgan fingerprint density at radius 2 is 1.81 bits per heavy atom. The number of nitrogens with two attached hydrogens (primary N) is 1. The Balaban J connectivity index is 1.78. The van der Waals surface area contributed by atoms with Gasteiger partial charge in [0.2, 0.25) is 0 Å². The van der Waals surface area contributed by atoms with Crippen LogP contribution in [-0.2, 0) is 6.42 Å². The number of nitrogens with zero attached hydrogens (tertiary/aromatic N) is 4. The molecule has 0 atom stereocenters. The van der Waals surface area contributed by atoms with E-state index in [1.165, 1.54) is 11.9 Å². The van der Waals surface area contributed by atoms with Gasteiger partial charge in [-0.3, -0.25) is 0 Å². The molecule has 0 saturated carbocycles. The van der Waals surface area contributed by atoms with E-state index in [9.17, 15) is 0 Å². The average Bonchev–Trinajstić information content (AvgIpc) is 2.67. The van der Waals surface area contributed by atoms with E-state index in [1.54, 1.807) is 6.20 Å². The number of hydrogen-bond donors (Lipinski definition) is 2. The predicted molar refractivity (Wildman–Crippen MR) is 109 cm³/mol. The van der Waals surface area contributed by atoms with Crippen LogP contribution in [0.25, 0.3) is 22.0 Å². The van der Waals surface area contributed by atoms with Gasteiger partial charge in [-0.25, -0.2) is 19.9 Å². The SMILES string of the molecule is CCc1ccccc1-c1cc2cc(Nc3cc(C)ncn3)ncc2c(N)n1. The van der Waals surface area contributed by atoms with Crippen molar-refractivity contribution in [1.29, 1.82) is 0 Å². The molecule has 4 rings (SSSR count). The van der Waals surface area contributed by atoms with Crippen LogP contribution in [0.4, 0.5) is 17.5 Å². The van der Waals surface area contributed by atoms with Crippen molar-refractivity contribution in [2.75, 3.05) is 11.1 Å². The van der Waals surface area contributed by atoms with E-state index in [2.05, 4.69) is 50.4 Å². The van der Waals surface area contributed by atoms with Crippen molar-refractivity contribution >= 4 is 28.2 Å². The van der Waals surface area contributed by atoms with Crippen molar-refractivity contribution in [2.45, 2.75) is 20.3 Å². The first-order valence-corrected chi connectivity index (χ1v) is 8.84. The lowest BCUT2D eigenvalue weighted by atomic mass is 10.0. The summed E-state index contributed by atoms with van der Waals surface area (Å²) >= 11 is 0. The topological polar surface area (TPSA) is 89.6 Å². The lowest BCUT2D eigenvalue weighted by molar-refractivity contribution is 1.10. The molecule has 3 heterocycles. The van der Waals surface area contributed by atoms with Gasteiger partial charge in [0.25, 0.3) is 0 Å². The van der Waals surface area contributed by atoms with Crippen LogP contribution in [0.2, 0.25) is 0 Å². The first-order chi connectivity index (χ1) is 13.1. The van der Waals surface area contributed by atoms with Crippen LogP contribution in [-0.4, -0.2) is 19.9 Å². The van der Waals surface area contributed by atoms with Crippen molar-refractivity contribution in [3.8, 4) is 11.3 Å². The van der Waals surface area contributed by atoms with Gasteiger partial charge in [0.15, 0.2) is 0 Å². The smallest absolute Gasteiger partial charge is 0.135 e. The Hall–Kier alpha value is -3.54. The molecule has 0 saturated heterocycles. The van der Waals surface area contributed by atoms with Crippen LogP contribution in [0.15, 0.2) is 55.0 Å². The highest BCUT2D eigenvalue weighted by Crippen LogP contribution is 2.29. The number of hydrogen-bond acceptors (Lipinski definition) is 6. The largest absolute Gasteiger partial charge is 0.383 e. The van der Waals surface area contributed by atoms with Crippen LogP contribution >= 0.6 is 0 Å². The summed E-state index contributed by atoms with van der Waals surface area (Å²) < 4.78 is 0. The van der Waals surface area contributed by atoms with E-state index < -0.39 is 0 Å².